The van der Waals surface area contributed by atoms with E-state index in [1.54, 1.807) is 30.3 Å². The van der Waals surface area contributed by atoms with Gasteiger partial charge in [0.25, 0.3) is 11.8 Å². The summed E-state index contributed by atoms with van der Waals surface area (Å²) in [6.45, 7) is 1.05. The molecule has 2 amide bonds. The van der Waals surface area contributed by atoms with Crippen LogP contribution < -0.4 is 0 Å². The van der Waals surface area contributed by atoms with Crippen LogP contribution in [0.15, 0.2) is 81.8 Å². The van der Waals surface area contributed by atoms with Crippen molar-refractivity contribution in [3.63, 3.8) is 0 Å². The zero-order valence-electron chi connectivity index (χ0n) is 20.4. The van der Waals surface area contributed by atoms with Crippen LogP contribution in [-0.4, -0.2) is 47.5 Å². The van der Waals surface area contributed by atoms with Crippen molar-refractivity contribution in [2.75, 3.05) is 19.8 Å². The first-order chi connectivity index (χ1) is 18.3. The van der Waals surface area contributed by atoms with E-state index >= 15 is 0 Å². The van der Waals surface area contributed by atoms with Crippen LogP contribution in [0.2, 0.25) is 5.02 Å². The summed E-state index contributed by atoms with van der Waals surface area (Å²) >= 11 is 6.26. The number of rotatable bonds is 8. The Labute approximate surface area is 224 Å². The fraction of sp³-hybridized carbons (Fsp3) is 0.172. The molecule has 0 aliphatic carbocycles. The second kappa shape index (κ2) is 11.7. The molecule has 1 N–H and O–H groups in total. The van der Waals surface area contributed by atoms with Gasteiger partial charge in [0.2, 0.25) is 0 Å². The average molecular weight is 531 g/mol. The molecule has 4 rings (SSSR count). The summed E-state index contributed by atoms with van der Waals surface area (Å²) in [6.07, 6.45) is 2.01. The van der Waals surface area contributed by atoms with Crippen molar-refractivity contribution in [3.8, 4) is 17.4 Å². The quantitative estimate of drug-likeness (QED) is 0.257. The highest BCUT2D eigenvalue weighted by molar-refractivity contribution is 6.33. The summed E-state index contributed by atoms with van der Waals surface area (Å²) in [5, 5.41) is 18.9. The topological polar surface area (TPSA) is 121 Å². The van der Waals surface area contributed by atoms with Gasteiger partial charge in [-0.2, -0.15) is 5.26 Å². The lowest BCUT2D eigenvalue weighted by atomic mass is 9.95. The Balaban J connectivity index is 1.56. The van der Waals surface area contributed by atoms with E-state index in [4.69, 9.17) is 20.8 Å². The first-order valence-corrected chi connectivity index (χ1v) is 12.1. The van der Waals surface area contributed by atoms with Crippen LogP contribution in [0.3, 0.4) is 0 Å². The van der Waals surface area contributed by atoms with Gasteiger partial charge in [-0.05, 0) is 54.5 Å². The number of aliphatic hydroxyl groups is 1. The number of imide groups is 1. The number of hydrogen-bond acceptors (Lipinski definition) is 7. The zero-order valence-corrected chi connectivity index (χ0v) is 21.2. The number of benzene rings is 2. The number of esters is 1. The Morgan fingerprint density at radius 1 is 1.13 bits per heavy atom. The van der Waals surface area contributed by atoms with Crippen molar-refractivity contribution in [3.05, 3.63) is 99.3 Å². The van der Waals surface area contributed by atoms with E-state index in [2.05, 4.69) is 0 Å². The van der Waals surface area contributed by atoms with Gasteiger partial charge in [-0.25, -0.2) is 4.79 Å². The van der Waals surface area contributed by atoms with E-state index in [0.717, 1.165) is 10.5 Å². The molecule has 3 aromatic rings. The first-order valence-electron chi connectivity index (χ1n) is 11.7. The molecule has 0 fully saturated rings. The molecule has 38 heavy (non-hydrogen) atoms. The fourth-order valence-corrected chi connectivity index (χ4v) is 4.17. The molecule has 0 spiro atoms. The standard InChI is InChI=1S/C29H23ClN2O6/c1-18-22(27(34)32(12-13-33)28(35)24(18)17-31)16-21-8-10-26(38-21)20-7-9-25(30)23(15-20)29(36)37-14-11-19-5-3-2-4-6-19/h2-10,15-16,33H,11-14H2,1H3/b22-16+. The number of nitrogens with zero attached hydrogens (tertiary/aromatic N) is 2. The SMILES string of the molecule is CC1=C(C#N)C(=O)N(CCO)C(=O)/C1=C/c1ccc(-c2ccc(Cl)c(C(=O)OCCc3ccccc3)c2)o1. The average Bonchev–Trinajstić information content (AvgIpc) is 3.39. The minimum absolute atomic E-state index is 0.106. The normalized spacial score (nSPS) is 14.7. The number of halogens is 1. The lowest BCUT2D eigenvalue weighted by molar-refractivity contribution is -0.141. The summed E-state index contributed by atoms with van der Waals surface area (Å²) in [7, 11) is 0. The van der Waals surface area contributed by atoms with E-state index in [1.807, 2.05) is 36.4 Å². The minimum atomic E-state index is -0.745. The second-order valence-electron chi connectivity index (χ2n) is 8.42. The van der Waals surface area contributed by atoms with Gasteiger partial charge in [-0.1, -0.05) is 41.9 Å². The van der Waals surface area contributed by atoms with Crippen LogP contribution in [0, 0.1) is 11.3 Å². The fourth-order valence-electron chi connectivity index (χ4n) is 3.98. The second-order valence-corrected chi connectivity index (χ2v) is 8.83. The predicted octanol–water partition coefficient (Wildman–Crippen LogP) is 4.58. The maximum absolute atomic E-state index is 12.9. The third kappa shape index (κ3) is 5.59. The summed E-state index contributed by atoms with van der Waals surface area (Å²) in [5.74, 6) is -1.25. The van der Waals surface area contributed by atoms with Crippen LogP contribution in [-0.2, 0) is 20.7 Å². The molecule has 9 heteroatoms. The molecule has 2 aromatic carbocycles. The molecular weight excluding hydrogens is 508 g/mol. The molecule has 8 nitrogen and oxygen atoms in total. The number of hydrogen-bond donors (Lipinski definition) is 1. The maximum atomic E-state index is 12.9. The van der Waals surface area contributed by atoms with Crippen molar-refractivity contribution >= 4 is 35.5 Å². The summed E-state index contributed by atoms with van der Waals surface area (Å²) in [5.41, 5.74) is 1.95. The third-order valence-corrected chi connectivity index (χ3v) is 6.33. The molecular formula is C29H23ClN2O6. The monoisotopic (exact) mass is 530 g/mol. The highest BCUT2D eigenvalue weighted by atomic mass is 35.5. The van der Waals surface area contributed by atoms with Crippen molar-refractivity contribution in [2.24, 2.45) is 0 Å². The first kappa shape index (κ1) is 26.6. The van der Waals surface area contributed by atoms with Gasteiger partial charge >= 0.3 is 5.97 Å². The number of furan rings is 1. The Bertz CT molecular complexity index is 1500. The molecule has 0 atom stereocenters. The van der Waals surface area contributed by atoms with Crippen molar-refractivity contribution < 1.29 is 28.6 Å². The Hall–Kier alpha value is -4.45. The van der Waals surface area contributed by atoms with Crippen LogP contribution in [0.25, 0.3) is 17.4 Å². The molecule has 2 heterocycles. The summed E-state index contributed by atoms with van der Waals surface area (Å²) in [6, 6.07) is 19.6. The number of amides is 2. The van der Waals surface area contributed by atoms with E-state index in [1.165, 1.54) is 13.0 Å². The molecule has 0 radical (unpaired) electrons. The number of β-amino-alcohol motifs (C(OH)–C–C–N with tert-alkyl or cyclic N) is 1. The molecule has 1 aliphatic heterocycles. The van der Waals surface area contributed by atoms with Gasteiger partial charge < -0.3 is 14.3 Å². The molecule has 1 aliphatic rings. The minimum Gasteiger partial charge on any atom is -0.462 e. The Morgan fingerprint density at radius 2 is 1.89 bits per heavy atom. The Morgan fingerprint density at radius 3 is 2.61 bits per heavy atom. The summed E-state index contributed by atoms with van der Waals surface area (Å²) < 4.78 is 11.3. The molecule has 0 saturated carbocycles. The lowest BCUT2D eigenvalue weighted by Crippen LogP contribution is -2.44. The number of carbonyl (C=O) groups is 3. The van der Waals surface area contributed by atoms with Gasteiger partial charge in [0, 0.05) is 17.6 Å². The van der Waals surface area contributed by atoms with E-state index in [-0.39, 0.29) is 40.5 Å². The number of nitriles is 1. The van der Waals surface area contributed by atoms with Crippen molar-refractivity contribution in [1.29, 1.82) is 5.26 Å². The molecule has 0 bridgehead atoms. The molecule has 1 aromatic heterocycles. The summed E-state index contributed by atoms with van der Waals surface area (Å²) in [4.78, 5) is 38.8. The maximum Gasteiger partial charge on any atom is 0.339 e. The van der Waals surface area contributed by atoms with E-state index < -0.39 is 24.4 Å². The van der Waals surface area contributed by atoms with E-state index in [0.29, 0.717) is 23.5 Å². The van der Waals surface area contributed by atoms with Crippen LogP contribution in [0.5, 0.6) is 0 Å². The Kier molecular flexibility index (Phi) is 8.22. The van der Waals surface area contributed by atoms with Gasteiger partial charge in [-0.3, -0.25) is 14.5 Å². The van der Waals surface area contributed by atoms with Gasteiger partial charge in [0.15, 0.2) is 0 Å². The zero-order chi connectivity index (χ0) is 27.2. The molecule has 0 unspecified atom stereocenters. The van der Waals surface area contributed by atoms with E-state index in [9.17, 15) is 24.8 Å². The highest BCUT2D eigenvalue weighted by Gasteiger charge is 2.35. The van der Waals surface area contributed by atoms with Crippen molar-refractivity contribution in [1.82, 2.24) is 4.90 Å². The number of aliphatic hydroxyl groups excluding tert-OH is 1. The van der Waals surface area contributed by atoms with Crippen LogP contribution in [0.1, 0.15) is 28.6 Å². The van der Waals surface area contributed by atoms with Gasteiger partial charge in [-0.15, -0.1) is 0 Å². The van der Waals surface area contributed by atoms with Crippen molar-refractivity contribution in [2.45, 2.75) is 13.3 Å². The molecule has 192 valence electrons. The highest BCUT2D eigenvalue weighted by Crippen LogP contribution is 2.31. The molecule has 0 saturated heterocycles. The number of carbonyl (C=O) groups excluding carboxylic acids is 3. The van der Waals surface area contributed by atoms with Crippen LogP contribution >= 0.6 is 11.6 Å². The smallest absolute Gasteiger partial charge is 0.339 e. The number of ether oxygens (including phenoxy) is 1. The third-order valence-electron chi connectivity index (χ3n) is 6.00. The van der Waals surface area contributed by atoms with Gasteiger partial charge in [0.1, 0.15) is 23.2 Å². The van der Waals surface area contributed by atoms with Gasteiger partial charge in [0.05, 0.1) is 30.3 Å². The largest absolute Gasteiger partial charge is 0.462 e. The predicted molar refractivity (Wildman–Crippen MR) is 140 cm³/mol. The van der Waals surface area contributed by atoms with Crippen LogP contribution in [0.4, 0.5) is 0 Å². The lowest BCUT2D eigenvalue weighted by Gasteiger charge is -2.26.